The van der Waals surface area contributed by atoms with Crippen molar-refractivity contribution in [2.45, 2.75) is 30.8 Å². The van der Waals surface area contributed by atoms with Gasteiger partial charge >= 0.3 is 5.69 Å². The minimum absolute atomic E-state index is 0.179. The van der Waals surface area contributed by atoms with Crippen LogP contribution in [0, 0.1) is 0 Å². The lowest BCUT2D eigenvalue weighted by molar-refractivity contribution is 0.603. The molecule has 0 unspecified atom stereocenters. The summed E-state index contributed by atoms with van der Waals surface area (Å²) in [7, 11) is 0. The lowest BCUT2D eigenvalue weighted by Crippen LogP contribution is -2.17. The SMILES string of the molecule is CCCn1c(SCc2cnc(Cl)cn2)n[nH]c1=O. The summed E-state index contributed by atoms with van der Waals surface area (Å²) < 4.78 is 1.62. The molecule has 8 heteroatoms. The van der Waals surface area contributed by atoms with Crippen LogP contribution in [0.15, 0.2) is 22.3 Å². The van der Waals surface area contributed by atoms with Gasteiger partial charge in [0, 0.05) is 12.3 Å². The van der Waals surface area contributed by atoms with Crippen LogP contribution in [0.4, 0.5) is 0 Å². The van der Waals surface area contributed by atoms with Crippen LogP contribution in [-0.2, 0) is 12.3 Å². The number of hydrogen-bond acceptors (Lipinski definition) is 5. The van der Waals surface area contributed by atoms with E-state index in [2.05, 4.69) is 20.2 Å². The van der Waals surface area contributed by atoms with Crippen LogP contribution in [0.2, 0.25) is 5.15 Å². The number of hydrogen-bond donors (Lipinski definition) is 1. The molecular weight excluding hydrogens is 274 g/mol. The summed E-state index contributed by atoms with van der Waals surface area (Å²) in [4.78, 5) is 19.6. The molecule has 18 heavy (non-hydrogen) atoms. The fourth-order valence-corrected chi connectivity index (χ4v) is 2.35. The summed E-state index contributed by atoms with van der Waals surface area (Å²) in [6, 6.07) is 0. The van der Waals surface area contributed by atoms with Crippen LogP contribution in [0.5, 0.6) is 0 Å². The predicted molar refractivity (Wildman–Crippen MR) is 69.7 cm³/mol. The quantitative estimate of drug-likeness (QED) is 0.847. The summed E-state index contributed by atoms with van der Waals surface area (Å²) in [5, 5.41) is 7.46. The molecule has 96 valence electrons. The molecule has 1 N–H and O–H groups in total. The van der Waals surface area contributed by atoms with E-state index in [1.807, 2.05) is 6.92 Å². The second-order valence-corrected chi connectivity index (χ2v) is 4.91. The van der Waals surface area contributed by atoms with Crippen LogP contribution in [0.1, 0.15) is 19.0 Å². The Kier molecular flexibility index (Phi) is 4.38. The molecule has 0 amide bonds. The third-order valence-electron chi connectivity index (χ3n) is 2.19. The van der Waals surface area contributed by atoms with E-state index in [1.165, 1.54) is 18.0 Å². The molecule has 0 atom stereocenters. The number of H-pyrrole nitrogens is 1. The maximum atomic E-state index is 11.5. The minimum atomic E-state index is -0.179. The molecule has 2 aromatic heterocycles. The van der Waals surface area contributed by atoms with Gasteiger partial charge in [0.1, 0.15) is 5.15 Å². The normalized spacial score (nSPS) is 10.8. The highest BCUT2D eigenvalue weighted by Gasteiger charge is 2.08. The van der Waals surface area contributed by atoms with E-state index in [0.29, 0.717) is 22.6 Å². The molecule has 0 fully saturated rings. The maximum Gasteiger partial charge on any atom is 0.343 e. The van der Waals surface area contributed by atoms with Crippen LogP contribution < -0.4 is 5.69 Å². The van der Waals surface area contributed by atoms with Gasteiger partial charge in [0.15, 0.2) is 5.16 Å². The number of nitrogens with one attached hydrogen (secondary N) is 1. The first-order valence-corrected chi connectivity index (χ1v) is 6.81. The topological polar surface area (TPSA) is 76.5 Å². The monoisotopic (exact) mass is 285 g/mol. The highest BCUT2D eigenvalue weighted by atomic mass is 35.5. The third-order valence-corrected chi connectivity index (χ3v) is 3.40. The van der Waals surface area contributed by atoms with Crippen LogP contribution in [-0.4, -0.2) is 24.7 Å². The lowest BCUT2D eigenvalue weighted by Gasteiger charge is -2.03. The molecule has 0 saturated heterocycles. The zero-order valence-electron chi connectivity index (χ0n) is 9.76. The van der Waals surface area contributed by atoms with Gasteiger partial charge in [-0.2, -0.15) is 0 Å². The molecular formula is C10H12ClN5OS. The molecule has 2 aromatic rings. The Balaban J connectivity index is 2.06. The number of aromatic nitrogens is 5. The summed E-state index contributed by atoms with van der Waals surface area (Å²) in [5.74, 6) is 0.595. The molecule has 0 aliphatic carbocycles. The molecule has 0 aromatic carbocycles. The fourth-order valence-electron chi connectivity index (χ4n) is 1.39. The van der Waals surface area contributed by atoms with Crippen molar-refractivity contribution in [2.75, 3.05) is 0 Å². The van der Waals surface area contributed by atoms with E-state index in [-0.39, 0.29) is 5.69 Å². The van der Waals surface area contributed by atoms with E-state index in [9.17, 15) is 4.79 Å². The van der Waals surface area contributed by atoms with E-state index in [0.717, 1.165) is 12.1 Å². The Morgan fingerprint density at radius 1 is 1.44 bits per heavy atom. The third kappa shape index (κ3) is 3.11. The zero-order valence-corrected chi connectivity index (χ0v) is 11.3. The first kappa shape index (κ1) is 13.1. The van der Waals surface area contributed by atoms with Crippen molar-refractivity contribution in [3.63, 3.8) is 0 Å². The summed E-state index contributed by atoms with van der Waals surface area (Å²) in [5.41, 5.74) is 0.615. The standard InChI is InChI=1S/C10H12ClN5OS/c1-2-3-16-9(17)14-15-10(16)18-6-7-4-13-8(11)5-12-7/h4-5H,2-3,6H2,1H3,(H,14,17). The van der Waals surface area contributed by atoms with Crippen molar-refractivity contribution in [3.8, 4) is 0 Å². The Morgan fingerprint density at radius 3 is 2.94 bits per heavy atom. The van der Waals surface area contributed by atoms with Crippen LogP contribution >= 0.6 is 23.4 Å². The van der Waals surface area contributed by atoms with Crippen molar-refractivity contribution >= 4 is 23.4 Å². The highest BCUT2D eigenvalue weighted by Crippen LogP contribution is 2.18. The summed E-state index contributed by atoms with van der Waals surface area (Å²) >= 11 is 7.10. The first-order chi connectivity index (χ1) is 8.70. The van der Waals surface area contributed by atoms with Crippen molar-refractivity contribution in [2.24, 2.45) is 0 Å². The number of nitrogens with zero attached hydrogens (tertiary/aromatic N) is 4. The van der Waals surface area contributed by atoms with Gasteiger partial charge in [-0.15, -0.1) is 5.10 Å². The first-order valence-electron chi connectivity index (χ1n) is 5.45. The van der Waals surface area contributed by atoms with Gasteiger partial charge < -0.3 is 0 Å². The van der Waals surface area contributed by atoms with Crippen molar-refractivity contribution in [1.29, 1.82) is 0 Å². The van der Waals surface area contributed by atoms with E-state index < -0.39 is 0 Å². The van der Waals surface area contributed by atoms with Crippen LogP contribution in [0.25, 0.3) is 0 Å². The molecule has 0 aliphatic heterocycles. The largest absolute Gasteiger partial charge is 0.343 e. The second kappa shape index (κ2) is 6.01. The number of halogens is 1. The summed E-state index contributed by atoms with van der Waals surface area (Å²) in [6.07, 6.45) is 4.00. The van der Waals surface area contributed by atoms with Crippen molar-refractivity contribution in [3.05, 3.63) is 33.7 Å². The average molecular weight is 286 g/mol. The minimum Gasteiger partial charge on any atom is -0.270 e. The van der Waals surface area contributed by atoms with Gasteiger partial charge in [-0.05, 0) is 6.42 Å². The second-order valence-electron chi connectivity index (χ2n) is 3.58. The molecule has 0 radical (unpaired) electrons. The molecule has 0 saturated carbocycles. The van der Waals surface area contributed by atoms with E-state index >= 15 is 0 Å². The predicted octanol–water partition coefficient (Wildman–Crippen LogP) is 1.72. The van der Waals surface area contributed by atoms with Gasteiger partial charge in [0.2, 0.25) is 0 Å². The number of rotatable bonds is 5. The van der Waals surface area contributed by atoms with Gasteiger partial charge in [0.25, 0.3) is 0 Å². The zero-order chi connectivity index (χ0) is 13.0. The smallest absolute Gasteiger partial charge is 0.270 e. The van der Waals surface area contributed by atoms with E-state index in [1.54, 1.807) is 10.8 Å². The van der Waals surface area contributed by atoms with Crippen LogP contribution in [0.3, 0.4) is 0 Å². The van der Waals surface area contributed by atoms with Gasteiger partial charge in [-0.25, -0.2) is 14.9 Å². The van der Waals surface area contributed by atoms with Crippen molar-refractivity contribution in [1.82, 2.24) is 24.7 Å². The number of aromatic amines is 1. The maximum absolute atomic E-state index is 11.5. The number of thioether (sulfide) groups is 1. The molecule has 0 aliphatic rings. The Morgan fingerprint density at radius 2 is 2.28 bits per heavy atom. The molecule has 2 heterocycles. The molecule has 6 nitrogen and oxygen atoms in total. The van der Waals surface area contributed by atoms with Gasteiger partial charge in [-0.1, -0.05) is 30.3 Å². The average Bonchev–Trinajstić information content (AvgIpc) is 2.71. The summed E-state index contributed by atoms with van der Waals surface area (Å²) in [6.45, 7) is 2.67. The molecule has 0 bridgehead atoms. The Hall–Kier alpha value is -1.34. The van der Waals surface area contributed by atoms with E-state index in [4.69, 9.17) is 11.6 Å². The fraction of sp³-hybridized carbons (Fsp3) is 0.400. The lowest BCUT2D eigenvalue weighted by atomic mass is 10.5. The molecule has 0 spiro atoms. The Bertz CT molecular complexity index is 564. The Labute approximate surface area is 113 Å². The van der Waals surface area contributed by atoms with Gasteiger partial charge in [0.05, 0.1) is 18.1 Å². The highest BCUT2D eigenvalue weighted by molar-refractivity contribution is 7.98. The van der Waals surface area contributed by atoms with Gasteiger partial charge in [-0.3, -0.25) is 9.55 Å². The molecule has 2 rings (SSSR count). The van der Waals surface area contributed by atoms with Crippen molar-refractivity contribution < 1.29 is 0 Å².